The van der Waals surface area contributed by atoms with Crippen LogP contribution in [0.1, 0.15) is 54.4 Å². The molecular formula is C31H28Cl2F3NO4S. The molecule has 0 aromatic heterocycles. The van der Waals surface area contributed by atoms with Crippen LogP contribution in [0.15, 0.2) is 65.6 Å². The standard InChI is InChI=1S/C31H28Cl2F3NO4S/c32-29-12-19-11-28(15-29,16-30(33,13-19)17-29)25(27(39)40)37-26(38)23-10-7-20-3-1-2-4-22(20)24(23)41-14-18-5-8-21(9-6-18)42-31(34,35)36/h1-10,19,25H,11-17H2,(H,37,38)(H,39,40)/t19?,25-,28?,29?,30?/m1/s1. The van der Waals surface area contributed by atoms with E-state index in [4.69, 9.17) is 27.9 Å². The quantitative estimate of drug-likeness (QED) is 0.193. The van der Waals surface area contributed by atoms with Crippen molar-refractivity contribution in [2.24, 2.45) is 11.3 Å². The number of halogens is 5. The number of aliphatic carboxylic acids is 1. The third-order valence-corrected chi connectivity index (χ3v) is 10.4. The zero-order chi connectivity index (χ0) is 29.9. The van der Waals surface area contributed by atoms with E-state index >= 15 is 0 Å². The summed E-state index contributed by atoms with van der Waals surface area (Å²) in [6.07, 6.45) is 3.78. The van der Waals surface area contributed by atoms with Gasteiger partial charge in [0, 0.05) is 25.4 Å². The Balaban J connectivity index is 1.28. The number of nitrogens with one attached hydrogen (secondary N) is 1. The highest BCUT2D eigenvalue weighted by molar-refractivity contribution is 8.00. The molecule has 3 atom stereocenters. The highest BCUT2D eigenvalue weighted by Gasteiger charge is 2.66. The fourth-order valence-corrected chi connectivity index (χ4v) is 9.89. The molecular weight excluding hydrogens is 610 g/mol. The van der Waals surface area contributed by atoms with Crippen LogP contribution in [0.25, 0.3) is 10.8 Å². The summed E-state index contributed by atoms with van der Waals surface area (Å²) in [5.41, 5.74) is -4.38. The number of hydrogen-bond donors (Lipinski definition) is 2. The Morgan fingerprint density at radius 1 is 0.976 bits per heavy atom. The monoisotopic (exact) mass is 637 g/mol. The number of ether oxygens (including phenoxy) is 1. The zero-order valence-electron chi connectivity index (χ0n) is 22.3. The van der Waals surface area contributed by atoms with Crippen LogP contribution in [0.5, 0.6) is 5.75 Å². The van der Waals surface area contributed by atoms with Gasteiger partial charge < -0.3 is 15.2 Å². The van der Waals surface area contributed by atoms with Crippen molar-refractivity contribution in [2.45, 2.75) is 71.3 Å². The van der Waals surface area contributed by atoms with Crippen molar-refractivity contribution < 1.29 is 32.6 Å². The van der Waals surface area contributed by atoms with Gasteiger partial charge >= 0.3 is 11.5 Å². The highest BCUT2D eigenvalue weighted by atomic mass is 35.5. The zero-order valence-corrected chi connectivity index (χ0v) is 24.7. The van der Waals surface area contributed by atoms with Gasteiger partial charge in [-0.3, -0.25) is 4.79 Å². The number of amides is 1. The van der Waals surface area contributed by atoms with Crippen molar-refractivity contribution >= 4 is 57.6 Å². The van der Waals surface area contributed by atoms with Crippen molar-refractivity contribution in [3.63, 3.8) is 0 Å². The molecule has 2 unspecified atom stereocenters. The minimum atomic E-state index is -4.39. The summed E-state index contributed by atoms with van der Waals surface area (Å²) in [6.45, 7) is -0.0111. The lowest BCUT2D eigenvalue weighted by Gasteiger charge is -2.64. The summed E-state index contributed by atoms with van der Waals surface area (Å²) >= 11 is 13.8. The van der Waals surface area contributed by atoms with Gasteiger partial charge in [0.25, 0.3) is 5.91 Å². The molecule has 4 fully saturated rings. The first-order valence-electron chi connectivity index (χ1n) is 13.7. The van der Waals surface area contributed by atoms with Crippen LogP contribution in [-0.2, 0) is 11.4 Å². The number of thioether (sulfide) groups is 1. The molecule has 0 heterocycles. The summed E-state index contributed by atoms with van der Waals surface area (Å²) in [7, 11) is 0. The van der Waals surface area contributed by atoms with Crippen LogP contribution in [0.2, 0.25) is 0 Å². The van der Waals surface area contributed by atoms with Crippen molar-refractivity contribution in [3.05, 3.63) is 71.8 Å². The molecule has 0 saturated heterocycles. The normalized spacial score (nSPS) is 28.9. The first-order valence-corrected chi connectivity index (χ1v) is 15.2. The lowest BCUT2D eigenvalue weighted by Crippen LogP contribution is -2.66. The largest absolute Gasteiger partial charge is 0.487 e. The number of rotatable bonds is 8. The number of carboxylic acid groups (broad SMARTS) is 1. The van der Waals surface area contributed by atoms with Gasteiger partial charge in [-0.2, -0.15) is 13.2 Å². The van der Waals surface area contributed by atoms with E-state index in [1.54, 1.807) is 24.3 Å². The third kappa shape index (κ3) is 5.80. The number of carboxylic acids is 1. The molecule has 0 radical (unpaired) electrons. The van der Waals surface area contributed by atoms with E-state index in [1.807, 2.05) is 12.1 Å². The van der Waals surface area contributed by atoms with Crippen LogP contribution >= 0.6 is 35.0 Å². The summed E-state index contributed by atoms with van der Waals surface area (Å²) < 4.78 is 44.3. The van der Waals surface area contributed by atoms with Gasteiger partial charge in [-0.1, -0.05) is 42.5 Å². The first-order chi connectivity index (χ1) is 19.8. The van der Waals surface area contributed by atoms with Crippen molar-refractivity contribution in [1.82, 2.24) is 5.32 Å². The maximum atomic E-state index is 13.8. The molecule has 4 aliphatic rings. The summed E-state index contributed by atoms with van der Waals surface area (Å²) in [6, 6.07) is 15.3. The number of alkyl halides is 5. The molecule has 1 amide bonds. The van der Waals surface area contributed by atoms with Gasteiger partial charge in [-0.25, -0.2) is 4.79 Å². The second-order valence-electron chi connectivity index (χ2n) is 12.1. The van der Waals surface area contributed by atoms with E-state index in [0.29, 0.717) is 36.6 Å². The van der Waals surface area contributed by atoms with Crippen LogP contribution in [-0.4, -0.2) is 38.3 Å². The summed E-state index contributed by atoms with van der Waals surface area (Å²) in [5.74, 6) is -1.26. The van der Waals surface area contributed by atoms with Crippen molar-refractivity contribution in [1.29, 1.82) is 0 Å². The molecule has 3 aromatic rings. The molecule has 0 spiro atoms. The van der Waals surface area contributed by atoms with Gasteiger partial charge in [0.05, 0.1) is 5.56 Å². The molecule has 222 valence electrons. The third-order valence-electron chi connectivity index (χ3n) is 8.77. The second kappa shape index (κ2) is 10.5. The van der Waals surface area contributed by atoms with Crippen LogP contribution in [0, 0.1) is 11.3 Å². The number of carbonyl (C=O) groups excluding carboxylic acids is 1. The minimum absolute atomic E-state index is 0.0111. The van der Waals surface area contributed by atoms with Gasteiger partial charge in [-0.15, -0.1) is 23.2 Å². The smallest absolute Gasteiger partial charge is 0.446 e. The summed E-state index contributed by atoms with van der Waals surface area (Å²) in [4.78, 5) is 25.4. The van der Waals surface area contributed by atoms with Crippen molar-refractivity contribution in [3.8, 4) is 5.75 Å². The molecule has 3 aromatic carbocycles. The first kappa shape index (κ1) is 29.5. The molecule has 2 N–H and O–H groups in total. The maximum absolute atomic E-state index is 13.8. The predicted molar refractivity (Wildman–Crippen MR) is 156 cm³/mol. The Bertz CT molecular complexity index is 1530. The van der Waals surface area contributed by atoms with E-state index in [2.05, 4.69) is 5.32 Å². The number of hydrogen-bond acceptors (Lipinski definition) is 4. The number of fused-ring (bicyclic) bond motifs is 1. The Labute approximate surface area is 255 Å². The van der Waals surface area contributed by atoms with Gasteiger partial charge in [-0.05, 0) is 85.4 Å². The van der Waals surface area contributed by atoms with E-state index in [9.17, 15) is 27.9 Å². The molecule has 5 nitrogen and oxygen atoms in total. The van der Waals surface area contributed by atoms with Crippen molar-refractivity contribution in [2.75, 3.05) is 0 Å². The Kier molecular flexibility index (Phi) is 7.38. The average molecular weight is 639 g/mol. The van der Waals surface area contributed by atoms with Gasteiger partial charge in [0.15, 0.2) is 0 Å². The topological polar surface area (TPSA) is 75.6 Å². The molecule has 4 saturated carbocycles. The molecule has 42 heavy (non-hydrogen) atoms. The lowest BCUT2D eigenvalue weighted by molar-refractivity contribution is -0.148. The van der Waals surface area contributed by atoms with Crippen LogP contribution < -0.4 is 10.1 Å². The molecule has 7 rings (SSSR count). The molecule has 11 heteroatoms. The minimum Gasteiger partial charge on any atom is -0.487 e. The van der Waals surface area contributed by atoms with Crippen LogP contribution in [0.3, 0.4) is 0 Å². The fourth-order valence-electron chi connectivity index (χ4n) is 7.80. The van der Waals surface area contributed by atoms with E-state index in [-0.39, 0.29) is 40.5 Å². The van der Waals surface area contributed by atoms with Crippen LogP contribution in [0.4, 0.5) is 13.2 Å². The average Bonchev–Trinajstić information content (AvgIpc) is 2.87. The SMILES string of the molecule is O=C(N[C@H](C(=O)O)C12CC3CC(Cl)(CC(Cl)(C3)C1)C2)c1ccc2ccccc2c1OCc1ccc(SC(F)(F)F)cc1. The Morgan fingerprint density at radius 3 is 2.26 bits per heavy atom. The van der Waals surface area contributed by atoms with E-state index in [1.165, 1.54) is 24.3 Å². The molecule has 4 aliphatic carbocycles. The van der Waals surface area contributed by atoms with Gasteiger partial charge in [0.1, 0.15) is 18.4 Å². The number of benzene rings is 3. The maximum Gasteiger partial charge on any atom is 0.446 e. The van der Waals surface area contributed by atoms with E-state index < -0.39 is 38.6 Å². The highest BCUT2D eigenvalue weighted by Crippen LogP contribution is 2.68. The Morgan fingerprint density at radius 2 is 1.64 bits per heavy atom. The van der Waals surface area contributed by atoms with Gasteiger partial charge in [0.2, 0.25) is 0 Å². The fraction of sp³-hybridized carbons (Fsp3) is 0.419. The lowest BCUT2D eigenvalue weighted by atomic mass is 9.47. The number of carbonyl (C=O) groups is 2. The Hall–Kier alpha value is -2.62. The molecule has 0 aliphatic heterocycles. The second-order valence-corrected chi connectivity index (χ2v) is 14.8. The predicted octanol–water partition coefficient (Wildman–Crippen LogP) is 8.15. The molecule has 4 bridgehead atoms. The summed E-state index contributed by atoms with van der Waals surface area (Å²) in [5, 5.41) is 14.6. The van der Waals surface area contributed by atoms with E-state index in [0.717, 1.165) is 18.2 Å².